The fourth-order valence-electron chi connectivity index (χ4n) is 3.21. The van der Waals surface area contributed by atoms with E-state index in [4.69, 9.17) is 0 Å². The Morgan fingerprint density at radius 3 is 2.80 bits per heavy atom. The third-order valence-corrected chi connectivity index (χ3v) is 4.53. The smallest absolute Gasteiger partial charge is 0.253 e. The topological polar surface area (TPSA) is 99.9 Å². The number of likely N-dealkylation sites (tertiary alicyclic amines) is 1. The first-order valence-electron chi connectivity index (χ1n) is 8.14. The van der Waals surface area contributed by atoms with Gasteiger partial charge in [-0.25, -0.2) is 4.68 Å². The second kappa shape index (κ2) is 6.14. The van der Waals surface area contributed by atoms with Gasteiger partial charge in [0.15, 0.2) is 0 Å². The average molecular weight is 338 g/mol. The van der Waals surface area contributed by atoms with Crippen LogP contribution in [0.25, 0.3) is 5.69 Å². The van der Waals surface area contributed by atoms with E-state index < -0.39 is 5.60 Å². The molecule has 2 N–H and O–H groups in total. The summed E-state index contributed by atoms with van der Waals surface area (Å²) in [5.41, 5.74) is 0.786. The zero-order valence-corrected chi connectivity index (χ0v) is 13.5. The highest BCUT2D eigenvalue weighted by molar-refractivity contribution is 5.94. The van der Waals surface area contributed by atoms with Crippen molar-refractivity contribution < 1.29 is 9.90 Å². The second-order valence-electron chi connectivity index (χ2n) is 6.21. The molecule has 3 heterocycles. The summed E-state index contributed by atoms with van der Waals surface area (Å²) in [6, 6.07) is 9.12. The van der Waals surface area contributed by atoms with Crippen molar-refractivity contribution in [1.82, 2.24) is 30.1 Å². The zero-order valence-electron chi connectivity index (χ0n) is 13.5. The number of aliphatic hydroxyl groups is 1. The van der Waals surface area contributed by atoms with Crippen molar-refractivity contribution in [3.63, 3.8) is 0 Å². The summed E-state index contributed by atoms with van der Waals surface area (Å²) in [6.45, 7) is 0.819. The summed E-state index contributed by atoms with van der Waals surface area (Å²) in [5.74, 6) is -0.103. The van der Waals surface area contributed by atoms with E-state index in [9.17, 15) is 9.90 Å². The number of carbonyl (C=O) groups excluding carboxylic acids is 1. The predicted molar refractivity (Wildman–Crippen MR) is 89.0 cm³/mol. The highest BCUT2D eigenvalue weighted by Crippen LogP contribution is 2.30. The van der Waals surface area contributed by atoms with Crippen LogP contribution in [0.1, 0.15) is 28.9 Å². The van der Waals surface area contributed by atoms with Crippen LogP contribution in [0.15, 0.2) is 48.9 Å². The molecule has 2 aromatic heterocycles. The Morgan fingerprint density at radius 1 is 1.28 bits per heavy atom. The van der Waals surface area contributed by atoms with Crippen molar-refractivity contribution in [2.45, 2.75) is 18.4 Å². The molecule has 1 fully saturated rings. The van der Waals surface area contributed by atoms with E-state index in [2.05, 4.69) is 20.5 Å². The third-order valence-electron chi connectivity index (χ3n) is 4.53. The lowest BCUT2D eigenvalue weighted by molar-refractivity contribution is -0.0320. The number of hydrogen-bond donors (Lipinski definition) is 2. The Kier molecular flexibility index (Phi) is 3.81. The van der Waals surface area contributed by atoms with Crippen LogP contribution in [0.4, 0.5) is 0 Å². The monoisotopic (exact) mass is 338 g/mol. The van der Waals surface area contributed by atoms with E-state index in [1.54, 1.807) is 27.9 Å². The number of aromatic nitrogens is 5. The number of nitrogens with zero attached hydrogens (tertiary/aromatic N) is 5. The maximum Gasteiger partial charge on any atom is 0.253 e. The third kappa shape index (κ3) is 2.91. The Bertz CT molecular complexity index is 844. The lowest BCUT2D eigenvalue weighted by Gasteiger charge is -2.38. The Labute approximate surface area is 144 Å². The van der Waals surface area contributed by atoms with Crippen LogP contribution in [0.5, 0.6) is 0 Å². The van der Waals surface area contributed by atoms with Crippen molar-refractivity contribution >= 4 is 5.91 Å². The van der Waals surface area contributed by atoms with Crippen molar-refractivity contribution in [1.29, 1.82) is 0 Å². The largest absolute Gasteiger partial charge is 0.382 e. The molecule has 128 valence electrons. The van der Waals surface area contributed by atoms with Crippen LogP contribution >= 0.6 is 0 Å². The quantitative estimate of drug-likeness (QED) is 0.745. The summed E-state index contributed by atoms with van der Waals surface area (Å²) in [5, 5.41) is 25.3. The molecule has 1 aliphatic rings. The van der Waals surface area contributed by atoms with Crippen LogP contribution in [0.3, 0.4) is 0 Å². The molecule has 1 aliphatic heterocycles. The van der Waals surface area contributed by atoms with E-state index in [1.807, 2.05) is 24.4 Å². The molecule has 8 nitrogen and oxygen atoms in total. The molecule has 3 aromatic rings. The van der Waals surface area contributed by atoms with Crippen molar-refractivity contribution in [3.05, 3.63) is 60.2 Å². The average Bonchev–Trinajstić information content (AvgIpc) is 3.35. The van der Waals surface area contributed by atoms with Gasteiger partial charge in [0.1, 0.15) is 11.3 Å². The lowest BCUT2D eigenvalue weighted by atomic mass is 9.89. The number of hydrogen-bond acceptors (Lipinski definition) is 5. The fourth-order valence-corrected chi connectivity index (χ4v) is 3.21. The highest BCUT2D eigenvalue weighted by atomic mass is 16.3. The van der Waals surface area contributed by atoms with Gasteiger partial charge in [0.25, 0.3) is 5.91 Å². The maximum atomic E-state index is 12.8. The minimum Gasteiger partial charge on any atom is -0.382 e. The van der Waals surface area contributed by atoms with Crippen LogP contribution in [-0.2, 0) is 5.60 Å². The number of rotatable bonds is 3. The molecule has 0 radical (unpaired) electrons. The molecule has 1 amide bonds. The minimum absolute atomic E-state index is 0.103. The molecule has 1 saturated heterocycles. The predicted octanol–water partition coefficient (Wildman–Crippen LogP) is 1.11. The van der Waals surface area contributed by atoms with Gasteiger partial charge in [-0.05, 0) is 43.2 Å². The van der Waals surface area contributed by atoms with Crippen LogP contribution in [-0.4, -0.2) is 54.2 Å². The van der Waals surface area contributed by atoms with Crippen LogP contribution < -0.4 is 0 Å². The number of β-amino-alcohol motifs (C(OH)–C–C–N with tert-alkyl or cyclic N) is 1. The van der Waals surface area contributed by atoms with Gasteiger partial charge in [0, 0.05) is 24.5 Å². The molecule has 0 aliphatic carbocycles. The Hall–Kier alpha value is -3.00. The molecular formula is C17H18N6O2. The number of nitrogens with one attached hydrogen (secondary N) is 1. The molecule has 8 heteroatoms. The van der Waals surface area contributed by atoms with E-state index in [1.165, 1.54) is 6.20 Å². The molecule has 0 saturated carbocycles. The number of aromatic amines is 1. The van der Waals surface area contributed by atoms with Gasteiger partial charge in [-0.1, -0.05) is 0 Å². The summed E-state index contributed by atoms with van der Waals surface area (Å²) >= 11 is 0. The van der Waals surface area contributed by atoms with Crippen LogP contribution in [0, 0.1) is 0 Å². The van der Waals surface area contributed by atoms with Gasteiger partial charge in [-0.2, -0.15) is 20.5 Å². The minimum atomic E-state index is -1.16. The lowest BCUT2D eigenvalue weighted by Crippen LogP contribution is -2.48. The molecule has 0 spiro atoms. The molecular weight excluding hydrogens is 320 g/mol. The van der Waals surface area contributed by atoms with Gasteiger partial charge < -0.3 is 10.0 Å². The molecule has 1 aromatic carbocycles. The van der Waals surface area contributed by atoms with Crippen molar-refractivity contribution in [2.24, 2.45) is 0 Å². The number of amides is 1. The fraction of sp³-hybridized carbons (Fsp3) is 0.294. The molecule has 25 heavy (non-hydrogen) atoms. The van der Waals surface area contributed by atoms with Gasteiger partial charge in [0.2, 0.25) is 0 Å². The Morgan fingerprint density at radius 2 is 2.12 bits per heavy atom. The molecule has 1 atom stereocenters. The van der Waals surface area contributed by atoms with Crippen molar-refractivity contribution in [3.8, 4) is 5.69 Å². The maximum absolute atomic E-state index is 12.8. The van der Waals surface area contributed by atoms with Gasteiger partial charge in [-0.15, -0.1) is 0 Å². The summed E-state index contributed by atoms with van der Waals surface area (Å²) < 4.78 is 1.73. The number of H-pyrrole nitrogens is 1. The molecule has 4 rings (SSSR count). The van der Waals surface area contributed by atoms with Gasteiger partial charge in [0.05, 0.1) is 18.4 Å². The van der Waals surface area contributed by atoms with Crippen molar-refractivity contribution in [2.75, 3.05) is 13.1 Å². The summed E-state index contributed by atoms with van der Waals surface area (Å²) in [4.78, 5) is 14.5. The number of carbonyl (C=O) groups is 1. The zero-order chi connectivity index (χ0) is 17.3. The van der Waals surface area contributed by atoms with E-state index >= 15 is 0 Å². The van der Waals surface area contributed by atoms with E-state index in [0.29, 0.717) is 30.6 Å². The van der Waals surface area contributed by atoms with Gasteiger partial charge in [-0.3, -0.25) is 4.79 Å². The van der Waals surface area contributed by atoms with E-state index in [-0.39, 0.29) is 12.5 Å². The first-order valence-corrected chi connectivity index (χ1v) is 8.14. The van der Waals surface area contributed by atoms with Gasteiger partial charge >= 0.3 is 0 Å². The second-order valence-corrected chi connectivity index (χ2v) is 6.21. The first-order chi connectivity index (χ1) is 12.2. The molecule has 1 unspecified atom stereocenters. The highest BCUT2D eigenvalue weighted by Gasteiger charge is 2.38. The number of benzene rings is 1. The SMILES string of the molecule is O=C(c1ccc(-n2cccn2)cc1)N1CCCC(O)(c2cn[nH]n2)C1. The normalized spacial score (nSPS) is 20.6. The number of piperidine rings is 1. The summed E-state index contributed by atoms with van der Waals surface area (Å²) in [7, 11) is 0. The summed E-state index contributed by atoms with van der Waals surface area (Å²) in [6.07, 6.45) is 6.33. The Balaban J connectivity index is 1.52. The molecule has 0 bridgehead atoms. The standard InChI is InChI=1S/C17H18N6O2/c24-16(13-3-5-14(6-4-13)23-10-2-8-19-23)22-9-1-7-17(25,12-22)15-11-18-21-20-15/h2-6,8,10-11,25H,1,7,9,12H2,(H,18,20,21). The first kappa shape index (κ1) is 15.5. The van der Waals surface area contributed by atoms with Crippen LogP contribution in [0.2, 0.25) is 0 Å². The van der Waals surface area contributed by atoms with E-state index in [0.717, 1.165) is 5.69 Å².